The van der Waals surface area contributed by atoms with E-state index in [4.69, 9.17) is 9.63 Å². The van der Waals surface area contributed by atoms with Crippen LogP contribution in [-0.4, -0.2) is 31.0 Å². The van der Waals surface area contributed by atoms with Crippen molar-refractivity contribution in [3.63, 3.8) is 0 Å². The lowest BCUT2D eigenvalue weighted by Crippen LogP contribution is -1.99. The lowest BCUT2D eigenvalue weighted by molar-refractivity contribution is -0.136. The van der Waals surface area contributed by atoms with Crippen LogP contribution in [-0.2, 0) is 18.3 Å². The number of aryl methyl sites for hydroxylation is 1. The molecule has 2 rings (SSSR count). The normalized spacial score (nSPS) is 10.5. The van der Waals surface area contributed by atoms with Crippen molar-refractivity contribution in [2.24, 2.45) is 7.05 Å². The molecule has 2 heterocycles. The highest BCUT2D eigenvalue weighted by molar-refractivity contribution is 5.68. The number of hydrogen-bond donors (Lipinski definition) is 1. The average molecular weight is 208 g/mol. The van der Waals surface area contributed by atoms with Gasteiger partial charge in [-0.25, -0.2) is 0 Å². The molecule has 0 amide bonds. The molecule has 0 fully saturated rings. The topological polar surface area (TPSA) is 94.0 Å². The van der Waals surface area contributed by atoms with E-state index in [1.165, 1.54) is 0 Å². The Hall–Kier alpha value is -2.18. The van der Waals surface area contributed by atoms with Crippen LogP contribution >= 0.6 is 0 Å². The van der Waals surface area contributed by atoms with Crippen LogP contribution in [0.1, 0.15) is 5.89 Å². The van der Waals surface area contributed by atoms with Crippen LogP contribution in [0.15, 0.2) is 16.8 Å². The lowest BCUT2D eigenvalue weighted by Gasteiger charge is -1.85. The van der Waals surface area contributed by atoms with E-state index in [1.807, 2.05) is 0 Å². The number of carbonyl (C=O) groups is 1. The van der Waals surface area contributed by atoms with Gasteiger partial charge < -0.3 is 9.63 Å². The Morgan fingerprint density at radius 1 is 1.67 bits per heavy atom. The predicted molar refractivity (Wildman–Crippen MR) is 47.8 cm³/mol. The molecule has 15 heavy (non-hydrogen) atoms. The Morgan fingerprint density at radius 2 is 2.47 bits per heavy atom. The Morgan fingerprint density at radius 3 is 3.07 bits per heavy atom. The van der Waals surface area contributed by atoms with Crippen LogP contribution in [0.5, 0.6) is 0 Å². The van der Waals surface area contributed by atoms with Crippen LogP contribution in [0.4, 0.5) is 0 Å². The van der Waals surface area contributed by atoms with Crippen LogP contribution in [0.3, 0.4) is 0 Å². The van der Waals surface area contributed by atoms with E-state index < -0.39 is 5.97 Å². The Bertz CT molecular complexity index is 488. The molecule has 0 atom stereocenters. The summed E-state index contributed by atoms with van der Waals surface area (Å²) in [5, 5.41) is 16.2. The maximum Gasteiger partial charge on any atom is 0.312 e. The number of nitrogens with zero attached hydrogens (tertiary/aromatic N) is 4. The minimum atomic E-state index is -1.01. The van der Waals surface area contributed by atoms with E-state index >= 15 is 0 Å². The maximum absolute atomic E-state index is 10.4. The van der Waals surface area contributed by atoms with Gasteiger partial charge in [0.1, 0.15) is 12.1 Å². The zero-order chi connectivity index (χ0) is 10.8. The van der Waals surface area contributed by atoms with Gasteiger partial charge >= 0.3 is 5.97 Å². The quantitative estimate of drug-likeness (QED) is 0.768. The molecule has 0 unspecified atom stereocenters. The number of carboxylic acids is 1. The number of rotatable bonds is 3. The van der Waals surface area contributed by atoms with Crippen molar-refractivity contribution in [2.45, 2.75) is 6.42 Å². The van der Waals surface area contributed by atoms with Gasteiger partial charge in [0, 0.05) is 13.2 Å². The van der Waals surface area contributed by atoms with Crippen molar-refractivity contribution in [1.29, 1.82) is 0 Å². The van der Waals surface area contributed by atoms with Crippen LogP contribution in [0.2, 0.25) is 0 Å². The van der Waals surface area contributed by atoms with E-state index in [-0.39, 0.29) is 12.3 Å². The summed E-state index contributed by atoms with van der Waals surface area (Å²) >= 11 is 0. The van der Waals surface area contributed by atoms with Gasteiger partial charge in [-0.2, -0.15) is 10.1 Å². The first-order valence-electron chi connectivity index (χ1n) is 4.19. The Kier molecular flexibility index (Phi) is 2.20. The Balaban J connectivity index is 2.23. The van der Waals surface area contributed by atoms with Crippen LogP contribution in [0, 0.1) is 0 Å². The highest BCUT2D eigenvalue weighted by Gasteiger charge is 2.12. The monoisotopic (exact) mass is 208 g/mol. The van der Waals surface area contributed by atoms with Crippen LogP contribution in [0.25, 0.3) is 11.5 Å². The number of aromatic nitrogens is 4. The fraction of sp³-hybridized carbons (Fsp3) is 0.250. The largest absolute Gasteiger partial charge is 0.481 e. The molecule has 0 aliphatic rings. The molecule has 1 N–H and O–H groups in total. The van der Waals surface area contributed by atoms with Crippen molar-refractivity contribution >= 4 is 5.97 Å². The molecule has 0 saturated heterocycles. The SMILES string of the molecule is Cn1ccc(-c2noc(CC(=O)O)n2)n1. The molecule has 7 nitrogen and oxygen atoms in total. The average Bonchev–Trinajstić information content (AvgIpc) is 2.72. The molecule has 0 aliphatic carbocycles. The second-order valence-electron chi connectivity index (χ2n) is 2.96. The van der Waals surface area contributed by atoms with E-state index in [0.717, 1.165) is 0 Å². The number of hydrogen-bond acceptors (Lipinski definition) is 5. The van der Waals surface area contributed by atoms with E-state index in [9.17, 15) is 4.79 Å². The summed E-state index contributed by atoms with van der Waals surface area (Å²) in [5.41, 5.74) is 0.554. The molecular formula is C8H8N4O3. The van der Waals surface area contributed by atoms with Gasteiger partial charge in [-0.3, -0.25) is 9.48 Å². The molecule has 0 saturated carbocycles. The minimum absolute atomic E-state index is 0.0724. The fourth-order valence-corrected chi connectivity index (χ4v) is 1.09. The van der Waals surface area contributed by atoms with E-state index in [0.29, 0.717) is 11.5 Å². The third-order valence-corrected chi connectivity index (χ3v) is 1.71. The number of carboxylic acid groups (broad SMARTS) is 1. The van der Waals surface area contributed by atoms with Crippen LogP contribution < -0.4 is 0 Å². The van der Waals surface area contributed by atoms with Crippen molar-refractivity contribution in [3.8, 4) is 11.5 Å². The van der Waals surface area contributed by atoms with Gasteiger partial charge in [-0.15, -0.1) is 0 Å². The fourth-order valence-electron chi connectivity index (χ4n) is 1.09. The first-order valence-corrected chi connectivity index (χ1v) is 4.19. The van der Waals surface area contributed by atoms with Crippen molar-refractivity contribution in [1.82, 2.24) is 19.9 Å². The summed E-state index contributed by atoms with van der Waals surface area (Å²) in [7, 11) is 1.77. The summed E-state index contributed by atoms with van der Waals surface area (Å²) in [6.45, 7) is 0. The van der Waals surface area contributed by atoms with Gasteiger partial charge in [0.2, 0.25) is 11.7 Å². The summed E-state index contributed by atoms with van der Waals surface area (Å²) in [4.78, 5) is 14.3. The maximum atomic E-state index is 10.4. The summed E-state index contributed by atoms with van der Waals surface area (Å²) in [6, 6.07) is 1.72. The van der Waals surface area contributed by atoms with Gasteiger partial charge in [0.25, 0.3) is 0 Å². The highest BCUT2D eigenvalue weighted by atomic mass is 16.5. The molecule has 7 heteroatoms. The van der Waals surface area contributed by atoms with Gasteiger partial charge in [0.05, 0.1) is 0 Å². The third kappa shape index (κ3) is 2.01. The zero-order valence-corrected chi connectivity index (χ0v) is 7.91. The van der Waals surface area contributed by atoms with Crippen molar-refractivity contribution in [2.75, 3.05) is 0 Å². The molecule has 0 radical (unpaired) electrons. The smallest absolute Gasteiger partial charge is 0.312 e. The second-order valence-corrected chi connectivity index (χ2v) is 2.96. The molecular weight excluding hydrogens is 200 g/mol. The van der Waals surface area contributed by atoms with Crippen molar-refractivity contribution < 1.29 is 14.4 Å². The molecule has 2 aromatic rings. The molecule has 2 aromatic heterocycles. The molecule has 0 bridgehead atoms. The summed E-state index contributed by atoms with van der Waals surface area (Å²) < 4.78 is 6.35. The van der Waals surface area contributed by atoms with E-state index in [1.54, 1.807) is 24.0 Å². The molecule has 0 aliphatic heterocycles. The number of aliphatic carboxylic acids is 1. The van der Waals surface area contributed by atoms with Gasteiger partial charge in [-0.05, 0) is 6.07 Å². The van der Waals surface area contributed by atoms with E-state index in [2.05, 4.69) is 15.2 Å². The lowest BCUT2D eigenvalue weighted by atomic mass is 10.4. The molecule has 0 spiro atoms. The first kappa shape index (κ1) is 9.38. The highest BCUT2D eigenvalue weighted by Crippen LogP contribution is 2.12. The molecule has 0 aromatic carbocycles. The standard InChI is InChI=1S/C8H8N4O3/c1-12-3-2-5(10-12)8-9-6(15-11-8)4-7(13)14/h2-3H,4H2,1H3,(H,13,14). The zero-order valence-electron chi connectivity index (χ0n) is 7.91. The van der Waals surface area contributed by atoms with Gasteiger partial charge in [0.15, 0.2) is 0 Å². The third-order valence-electron chi connectivity index (χ3n) is 1.71. The molecule has 78 valence electrons. The minimum Gasteiger partial charge on any atom is -0.481 e. The Labute approximate surface area is 84.3 Å². The van der Waals surface area contributed by atoms with Crippen molar-refractivity contribution in [3.05, 3.63) is 18.2 Å². The summed E-state index contributed by atoms with van der Waals surface area (Å²) in [5.74, 6) is -0.638. The van der Waals surface area contributed by atoms with Gasteiger partial charge in [-0.1, -0.05) is 5.16 Å². The predicted octanol–water partition coefficient (Wildman–Crippen LogP) is 0.0972. The summed E-state index contributed by atoms with van der Waals surface area (Å²) in [6.07, 6.45) is 1.46. The second kappa shape index (κ2) is 3.52. The first-order chi connectivity index (χ1) is 7.15.